The van der Waals surface area contributed by atoms with E-state index in [9.17, 15) is 0 Å². The summed E-state index contributed by atoms with van der Waals surface area (Å²) < 4.78 is 0. The van der Waals surface area contributed by atoms with Crippen LogP contribution in [0.3, 0.4) is 0 Å². The van der Waals surface area contributed by atoms with Crippen molar-refractivity contribution in [3.05, 3.63) is 18.6 Å². The van der Waals surface area contributed by atoms with Crippen LogP contribution in [0.4, 0.5) is 0 Å². The third-order valence-corrected chi connectivity index (χ3v) is 2.73. The Hall–Kier alpha value is -0.260. The third-order valence-electron chi connectivity index (χ3n) is 2.73. The van der Waals surface area contributed by atoms with Crippen molar-refractivity contribution in [2.24, 2.45) is 0 Å². The van der Waals surface area contributed by atoms with E-state index in [1.54, 1.807) is 0 Å². The molecule has 13 heavy (non-hydrogen) atoms. The van der Waals surface area contributed by atoms with Crippen LogP contribution in [-0.2, 0) is 0 Å². The van der Waals surface area contributed by atoms with Gasteiger partial charge < -0.3 is 0 Å². The summed E-state index contributed by atoms with van der Waals surface area (Å²) >= 11 is 0. The molecular formula is C13H23. The second kappa shape index (κ2) is 8.34. The molecule has 0 fully saturated rings. The second-order valence-corrected chi connectivity index (χ2v) is 4.04. The van der Waals surface area contributed by atoms with Crippen molar-refractivity contribution in [3.8, 4) is 0 Å². The summed E-state index contributed by atoms with van der Waals surface area (Å²) in [5.74, 6) is 0. The van der Waals surface area contributed by atoms with Crippen molar-refractivity contribution < 1.29 is 0 Å². The third kappa shape index (κ3) is 6.86. The molecule has 0 unspecified atom stereocenters. The van der Waals surface area contributed by atoms with E-state index in [1.807, 2.05) is 0 Å². The minimum absolute atomic E-state index is 1.26. The first-order valence-electron chi connectivity index (χ1n) is 5.97. The van der Waals surface area contributed by atoms with E-state index in [-0.39, 0.29) is 0 Å². The van der Waals surface area contributed by atoms with Gasteiger partial charge in [-0.3, -0.25) is 0 Å². The zero-order valence-electron chi connectivity index (χ0n) is 8.80. The summed E-state index contributed by atoms with van der Waals surface area (Å²) in [5.41, 5.74) is 0. The molecule has 0 spiro atoms. The van der Waals surface area contributed by atoms with Gasteiger partial charge in [0, 0.05) is 0 Å². The largest absolute Gasteiger partial charge is 0.0885 e. The molecule has 1 rings (SSSR count). The van der Waals surface area contributed by atoms with Crippen molar-refractivity contribution >= 4 is 0 Å². The Morgan fingerprint density at radius 1 is 0.462 bits per heavy atom. The number of hydrogen-bond donors (Lipinski definition) is 0. The maximum Gasteiger partial charge on any atom is -0.0348 e. The van der Waals surface area contributed by atoms with Gasteiger partial charge >= 0.3 is 0 Å². The first kappa shape index (κ1) is 10.8. The molecule has 0 heteroatoms. The maximum atomic E-state index is 2.46. The van der Waals surface area contributed by atoms with Crippen molar-refractivity contribution in [2.45, 2.75) is 64.2 Å². The molecule has 0 bridgehead atoms. The van der Waals surface area contributed by atoms with Crippen LogP contribution in [0.5, 0.6) is 0 Å². The fourth-order valence-electron chi connectivity index (χ4n) is 1.85. The van der Waals surface area contributed by atoms with E-state index < -0.39 is 0 Å². The lowest BCUT2D eigenvalue weighted by molar-refractivity contribution is 0.593. The highest BCUT2D eigenvalue weighted by molar-refractivity contribution is 4.83. The van der Waals surface area contributed by atoms with Crippen LogP contribution in [0, 0.1) is 6.42 Å². The molecule has 1 aliphatic carbocycles. The van der Waals surface area contributed by atoms with Crippen LogP contribution >= 0.6 is 0 Å². The van der Waals surface area contributed by atoms with Gasteiger partial charge in [-0.1, -0.05) is 50.7 Å². The fraction of sp³-hybridized carbons (Fsp3) is 0.769. The Kier molecular flexibility index (Phi) is 6.94. The average molecular weight is 179 g/mol. The van der Waals surface area contributed by atoms with Gasteiger partial charge in [-0.2, -0.15) is 0 Å². The Bertz CT molecular complexity index is 110. The van der Waals surface area contributed by atoms with Crippen LogP contribution in [-0.4, -0.2) is 0 Å². The molecule has 0 N–H and O–H groups in total. The highest BCUT2D eigenvalue weighted by atomic mass is 14.0. The molecule has 75 valence electrons. The summed E-state index contributed by atoms with van der Waals surface area (Å²) in [5, 5.41) is 0. The monoisotopic (exact) mass is 179 g/mol. The van der Waals surface area contributed by atoms with Crippen LogP contribution in [0.25, 0.3) is 0 Å². The van der Waals surface area contributed by atoms with Gasteiger partial charge in [0.1, 0.15) is 0 Å². The van der Waals surface area contributed by atoms with Gasteiger partial charge in [-0.15, -0.1) is 0 Å². The molecule has 1 aliphatic rings. The number of hydrogen-bond acceptors (Lipinski definition) is 0. The smallest absolute Gasteiger partial charge is 0.0348 e. The Morgan fingerprint density at radius 2 is 1.08 bits per heavy atom. The standard InChI is InChI=1S/C13H23/c1-2-4-6-8-10-12-13-11-9-7-5-3-1/h1-2,7H,3-6,8-13H2. The minimum atomic E-state index is 1.26. The van der Waals surface area contributed by atoms with E-state index in [0.29, 0.717) is 0 Å². The number of allylic oxidation sites excluding steroid dienone is 2. The summed E-state index contributed by atoms with van der Waals surface area (Å²) in [7, 11) is 0. The first-order valence-corrected chi connectivity index (χ1v) is 5.97. The maximum absolute atomic E-state index is 2.46. The van der Waals surface area contributed by atoms with Gasteiger partial charge in [-0.25, -0.2) is 0 Å². The van der Waals surface area contributed by atoms with Gasteiger partial charge in [0.2, 0.25) is 0 Å². The summed E-state index contributed by atoms with van der Waals surface area (Å²) in [6.45, 7) is 0. The molecular weight excluding hydrogens is 156 g/mol. The van der Waals surface area contributed by atoms with E-state index in [4.69, 9.17) is 0 Å². The SMILES string of the molecule is [CH]1CCC=CCCCCCCCC1. The molecule has 0 nitrogen and oxygen atoms in total. The molecule has 0 aromatic heterocycles. The van der Waals surface area contributed by atoms with Crippen LogP contribution in [0.1, 0.15) is 64.2 Å². The highest BCUT2D eigenvalue weighted by Gasteiger charge is 1.93. The van der Waals surface area contributed by atoms with Crippen molar-refractivity contribution in [3.63, 3.8) is 0 Å². The lowest BCUT2D eigenvalue weighted by Gasteiger charge is -1.99. The summed E-state index contributed by atoms with van der Waals surface area (Å²) in [6, 6.07) is 0. The van der Waals surface area contributed by atoms with Gasteiger partial charge in [-0.05, 0) is 32.1 Å². The molecule has 1 radical (unpaired) electrons. The fourth-order valence-corrected chi connectivity index (χ4v) is 1.85. The van der Waals surface area contributed by atoms with Crippen LogP contribution in [0.2, 0.25) is 0 Å². The molecule has 0 saturated heterocycles. The molecule has 0 aromatic rings. The van der Waals surface area contributed by atoms with E-state index in [0.717, 1.165) is 0 Å². The minimum Gasteiger partial charge on any atom is -0.0885 e. The van der Waals surface area contributed by atoms with E-state index in [1.165, 1.54) is 64.2 Å². The summed E-state index contributed by atoms with van der Waals surface area (Å²) in [6.07, 6.45) is 21.0. The topological polar surface area (TPSA) is 0 Å². The zero-order chi connectivity index (χ0) is 9.19. The van der Waals surface area contributed by atoms with Gasteiger partial charge in [0.25, 0.3) is 0 Å². The normalized spacial score (nSPS) is 22.8. The van der Waals surface area contributed by atoms with Crippen molar-refractivity contribution in [1.29, 1.82) is 0 Å². The van der Waals surface area contributed by atoms with Gasteiger partial charge in [0.15, 0.2) is 0 Å². The van der Waals surface area contributed by atoms with E-state index in [2.05, 4.69) is 18.6 Å². The summed E-state index contributed by atoms with van der Waals surface area (Å²) in [4.78, 5) is 0. The van der Waals surface area contributed by atoms with Crippen molar-refractivity contribution in [1.82, 2.24) is 0 Å². The molecule has 0 amide bonds. The molecule has 0 atom stereocenters. The zero-order valence-corrected chi connectivity index (χ0v) is 8.80. The Labute approximate surface area is 83.4 Å². The predicted octanol–water partition coefficient (Wildman–Crippen LogP) is 4.66. The quantitative estimate of drug-likeness (QED) is 0.474. The molecule has 0 heterocycles. The van der Waals surface area contributed by atoms with Crippen molar-refractivity contribution in [2.75, 3.05) is 0 Å². The van der Waals surface area contributed by atoms with Crippen LogP contribution < -0.4 is 0 Å². The van der Waals surface area contributed by atoms with E-state index >= 15 is 0 Å². The lowest BCUT2D eigenvalue weighted by Crippen LogP contribution is -1.80. The molecule has 0 aromatic carbocycles. The molecule has 0 aliphatic heterocycles. The number of rotatable bonds is 0. The molecule has 0 saturated carbocycles. The Morgan fingerprint density at radius 3 is 1.92 bits per heavy atom. The Balaban J connectivity index is 2.09. The highest BCUT2D eigenvalue weighted by Crippen LogP contribution is 2.12. The first-order chi connectivity index (χ1) is 6.50. The second-order valence-electron chi connectivity index (χ2n) is 4.04. The predicted molar refractivity (Wildman–Crippen MR) is 59.6 cm³/mol. The average Bonchev–Trinajstić information content (AvgIpc) is 2.18. The lowest BCUT2D eigenvalue weighted by atomic mass is 10.1. The van der Waals surface area contributed by atoms with Gasteiger partial charge in [0.05, 0.1) is 0 Å². The van der Waals surface area contributed by atoms with Crippen LogP contribution in [0.15, 0.2) is 12.2 Å².